The van der Waals surface area contributed by atoms with Crippen molar-refractivity contribution in [3.05, 3.63) is 81.8 Å². The van der Waals surface area contributed by atoms with Crippen LogP contribution < -0.4 is 10.3 Å². The molecule has 174 valence electrons. The second kappa shape index (κ2) is 9.47. The standard InChI is InChI=1S/C27H26N2O5/c1-5-33-27(32)19-12-10-18(11-13-19)15-34-23-14-22-25(21-9-7-6-8-20(21)23)28-24(16(2)3)26(31)29(22)17(4)30/h6-14,16H,5,15H2,1-4H3. The highest BCUT2D eigenvalue weighted by molar-refractivity contribution is 6.09. The first-order valence-electron chi connectivity index (χ1n) is 11.2. The van der Waals surface area contributed by atoms with E-state index < -0.39 is 5.56 Å². The van der Waals surface area contributed by atoms with E-state index in [1.54, 1.807) is 37.3 Å². The molecule has 4 rings (SSSR count). The quantitative estimate of drug-likeness (QED) is 0.295. The van der Waals surface area contributed by atoms with E-state index in [4.69, 9.17) is 9.47 Å². The third kappa shape index (κ3) is 4.29. The second-order valence-electron chi connectivity index (χ2n) is 8.31. The molecule has 3 aromatic carbocycles. The fourth-order valence-corrected chi connectivity index (χ4v) is 3.91. The molecule has 0 atom stereocenters. The summed E-state index contributed by atoms with van der Waals surface area (Å²) in [5, 5.41) is 1.62. The first kappa shape index (κ1) is 23.2. The van der Waals surface area contributed by atoms with Crippen LogP contribution in [0.25, 0.3) is 21.8 Å². The van der Waals surface area contributed by atoms with Gasteiger partial charge >= 0.3 is 5.97 Å². The van der Waals surface area contributed by atoms with Crippen LogP contribution in [-0.4, -0.2) is 28.0 Å². The lowest BCUT2D eigenvalue weighted by Crippen LogP contribution is -2.30. The highest BCUT2D eigenvalue weighted by Gasteiger charge is 2.20. The van der Waals surface area contributed by atoms with Crippen molar-refractivity contribution < 1.29 is 19.1 Å². The number of aromatic nitrogens is 2. The molecule has 1 aromatic heterocycles. The summed E-state index contributed by atoms with van der Waals surface area (Å²) in [6.45, 7) is 7.45. The maximum Gasteiger partial charge on any atom is 0.338 e. The summed E-state index contributed by atoms with van der Waals surface area (Å²) in [5.74, 6) is -0.345. The van der Waals surface area contributed by atoms with Crippen molar-refractivity contribution in [1.82, 2.24) is 9.55 Å². The van der Waals surface area contributed by atoms with Crippen LogP contribution in [0.2, 0.25) is 0 Å². The minimum absolute atomic E-state index is 0.130. The van der Waals surface area contributed by atoms with Gasteiger partial charge in [0.05, 0.1) is 23.2 Å². The maximum absolute atomic E-state index is 13.0. The SMILES string of the molecule is CCOC(=O)c1ccc(COc2cc3c(nc(C(C)C)c(=O)n3C(C)=O)c3ccccc23)cc1. The first-order chi connectivity index (χ1) is 16.3. The molecular formula is C27H26N2O5. The summed E-state index contributed by atoms with van der Waals surface area (Å²) >= 11 is 0. The van der Waals surface area contributed by atoms with Gasteiger partial charge in [0.2, 0.25) is 5.91 Å². The van der Waals surface area contributed by atoms with Gasteiger partial charge in [-0.2, -0.15) is 0 Å². The van der Waals surface area contributed by atoms with Crippen molar-refractivity contribution in [2.75, 3.05) is 6.61 Å². The largest absolute Gasteiger partial charge is 0.488 e. The second-order valence-corrected chi connectivity index (χ2v) is 8.31. The van der Waals surface area contributed by atoms with Crippen LogP contribution >= 0.6 is 0 Å². The third-order valence-electron chi connectivity index (χ3n) is 5.57. The Morgan fingerprint density at radius 3 is 2.32 bits per heavy atom. The smallest absolute Gasteiger partial charge is 0.338 e. The molecule has 7 nitrogen and oxygen atoms in total. The van der Waals surface area contributed by atoms with Gasteiger partial charge in [-0.05, 0) is 24.6 Å². The van der Waals surface area contributed by atoms with Crippen molar-refractivity contribution in [2.24, 2.45) is 0 Å². The molecule has 34 heavy (non-hydrogen) atoms. The number of carbonyl (C=O) groups excluding carboxylic acids is 2. The topological polar surface area (TPSA) is 87.5 Å². The molecule has 0 N–H and O–H groups in total. The number of hydrogen-bond acceptors (Lipinski definition) is 6. The summed E-state index contributed by atoms with van der Waals surface area (Å²) < 4.78 is 12.3. The minimum Gasteiger partial charge on any atom is -0.488 e. The number of carbonyl (C=O) groups is 2. The van der Waals surface area contributed by atoms with Gasteiger partial charge in [0, 0.05) is 29.7 Å². The highest BCUT2D eigenvalue weighted by atomic mass is 16.5. The Morgan fingerprint density at radius 1 is 1.03 bits per heavy atom. The van der Waals surface area contributed by atoms with Crippen molar-refractivity contribution in [3.63, 3.8) is 0 Å². The van der Waals surface area contributed by atoms with E-state index in [0.29, 0.717) is 34.6 Å². The van der Waals surface area contributed by atoms with Crippen LogP contribution in [0.1, 0.15) is 60.0 Å². The highest BCUT2D eigenvalue weighted by Crippen LogP contribution is 2.33. The van der Waals surface area contributed by atoms with Crippen LogP contribution in [0.5, 0.6) is 5.75 Å². The van der Waals surface area contributed by atoms with Gasteiger partial charge < -0.3 is 9.47 Å². The first-order valence-corrected chi connectivity index (χ1v) is 11.2. The summed E-state index contributed by atoms with van der Waals surface area (Å²) in [6.07, 6.45) is 0. The third-order valence-corrected chi connectivity index (χ3v) is 5.57. The van der Waals surface area contributed by atoms with Gasteiger partial charge in [-0.25, -0.2) is 14.3 Å². The Balaban J connectivity index is 1.79. The molecule has 1 heterocycles. The minimum atomic E-state index is -0.411. The van der Waals surface area contributed by atoms with Crippen LogP contribution in [0.15, 0.2) is 59.4 Å². The van der Waals surface area contributed by atoms with E-state index in [1.807, 2.05) is 38.1 Å². The molecule has 4 aromatic rings. The Bertz CT molecular complexity index is 1450. The van der Waals surface area contributed by atoms with Gasteiger partial charge in [0.15, 0.2) is 0 Å². The monoisotopic (exact) mass is 458 g/mol. The molecule has 0 aliphatic carbocycles. The van der Waals surface area contributed by atoms with Crippen LogP contribution in [0.3, 0.4) is 0 Å². The van der Waals surface area contributed by atoms with E-state index >= 15 is 0 Å². The van der Waals surface area contributed by atoms with Gasteiger partial charge in [-0.15, -0.1) is 0 Å². The molecule has 0 unspecified atom stereocenters. The number of rotatable bonds is 6. The fraction of sp³-hybridized carbons (Fsp3) is 0.259. The molecule has 0 radical (unpaired) electrons. The zero-order chi connectivity index (χ0) is 24.4. The summed E-state index contributed by atoms with van der Waals surface area (Å²) in [5.41, 5.74) is 2.26. The van der Waals surface area contributed by atoms with E-state index in [0.717, 1.165) is 16.3 Å². The van der Waals surface area contributed by atoms with Gasteiger partial charge in [0.25, 0.3) is 5.56 Å². The zero-order valence-corrected chi connectivity index (χ0v) is 19.6. The lowest BCUT2D eigenvalue weighted by molar-refractivity contribution is 0.0526. The van der Waals surface area contributed by atoms with E-state index in [1.165, 1.54) is 11.5 Å². The van der Waals surface area contributed by atoms with Crippen molar-refractivity contribution in [3.8, 4) is 5.75 Å². The molecule has 0 saturated heterocycles. The summed E-state index contributed by atoms with van der Waals surface area (Å²) in [7, 11) is 0. The number of ether oxygens (including phenoxy) is 2. The Hall–Kier alpha value is -4.00. The summed E-state index contributed by atoms with van der Waals surface area (Å²) in [6, 6.07) is 16.3. The Kier molecular flexibility index (Phi) is 6.45. The van der Waals surface area contributed by atoms with Crippen LogP contribution in [0.4, 0.5) is 0 Å². The molecular weight excluding hydrogens is 432 g/mol. The molecule has 0 amide bonds. The average molecular weight is 459 g/mol. The molecule has 0 aliphatic rings. The molecule has 0 saturated carbocycles. The predicted octanol–water partition coefficient (Wildman–Crippen LogP) is 5.09. The van der Waals surface area contributed by atoms with E-state index in [9.17, 15) is 14.4 Å². The molecule has 7 heteroatoms. The maximum atomic E-state index is 13.0. The number of benzene rings is 3. The van der Waals surface area contributed by atoms with Gasteiger partial charge in [-0.3, -0.25) is 9.59 Å². The van der Waals surface area contributed by atoms with Crippen LogP contribution in [0, 0.1) is 0 Å². The molecule has 0 bridgehead atoms. The predicted molar refractivity (Wildman–Crippen MR) is 131 cm³/mol. The average Bonchev–Trinajstić information content (AvgIpc) is 2.82. The fourth-order valence-electron chi connectivity index (χ4n) is 3.91. The normalized spacial score (nSPS) is 11.2. The number of esters is 1. The Morgan fingerprint density at radius 2 is 1.71 bits per heavy atom. The van der Waals surface area contributed by atoms with E-state index in [2.05, 4.69) is 4.98 Å². The molecule has 0 spiro atoms. The molecule has 0 fully saturated rings. The van der Waals surface area contributed by atoms with Gasteiger partial charge in [0.1, 0.15) is 18.1 Å². The van der Waals surface area contributed by atoms with E-state index in [-0.39, 0.29) is 24.4 Å². The van der Waals surface area contributed by atoms with Crippen molar-refractivity contribution in [1.29, 1.82) is 0 Å². The van der Waals surface area contributed by atoms with Crippen molar-refractivity contribution in [2.45, 2.75) is 40.2 Å². The number of nitrogens with zero attached hydrogens (tertiary/aromatic N) is 2. The number of hydrogen-bond donors (Lipinski definition) is 0. The zero-order valence-electron chi connectivity index (χ0n) is 19.6. The lowest BCUT2D eigenvalue weighted by Gasteiger charge is -2.16. The molecule has 0 aliphatic heterocycles. The summed E-state index contributed by atoms with van der Waals surface area (Å²) in [4.78, 5) is 42.0. The van der Waals surface area contributed by atoms with Crippen molar-refractivity contribution >= 4 is 33.7 Å². The number of fused-ring (bicyclic) bond motifs is 3. The lowest BCUT2D eigenvalue weighted by atomic mass is 10.1. The van der Waals surface area contributed by atoms with Gasteiger partial charge in [-0.1, -0.05) is 50.2 Å². The van der Waals surface area contributed by atoms with Crippen LogP contribution in [-0.2, 0) is 11.3 Å². The Labute approximate surface area is 196 Å².